The molecule has 110 valence electrons. The Kier molecular flexibility index (Phi) is 5.37. The first kappa shape index (κ1) is 15.5. The van der Waals surface area contributed by atoms with Gasteiger partial charge in [-0.05, 0) is 23.6 Å². The molecule has 0 aliphatic rings. The maximum Gasteiger partial charge on any atom is 0.239 e. The standard InChI is InChI=1S/C17H19ClN2O/c1-20(12-14-9-5-6-10-15(14)18)17(21)16(19)11-13-7-3-2-4-8-13/h2-10,16H,11-12,19H2,1H3/t16-/m1/s1. The van der Waals surface area contributed by atoms with Crippen LogP contribution in [0.5, 0.6) is 0 Å². The molecule has 4 heteroatoms. The SMILES string of the molecule is CN(Cc1ccccc1Cl)C(=O)[C@H](N)Cc1ccccc1. The van der Waals surface area contributed by atoms with Crippen LogP contribution in [0.3, 0.4) is 0 Å². The number of likely N-dealkylation sites (N-methyl/N-ethyl adjacent to an activating group) is 1. The zero-order valence-electron chi connectivity index (χ0n) is 12.0. The van der Waals surface area contributed by atoms with Crippen molar-refractivity contribution >= 4 is 17.5 Å². The summed E-state index contributed by atoms with van der Waals surface area (Å²) < 4.78 is 0. The van der Waals surface area contributed by atoms with Gasteiger partial charge in [0.15, 0.2) is 0 Å². The highest BCUT2D eigenvalue weighted by Crippen LogP contribution is 2.17. The number of hydrogen-bond acceptors (Lipinski definition) is 2. The largest absolute Gasteiger partial charge is 0.340 e. The zero-order valence-corrected chi connectivity index (χ0v) is 12.8. The second-order valence-corrected chi connectivity index (χ2v) is 5.49. The molecule has 2 rings (SSSR count). The minimum Gasteiger partial charge on any atom is -0.340 e. The van der Waals surface area contributed by atoms with E-state index in [0.717, 1.165) is 11.1 Å². The van der Waals surface area contributed by atoms with Crippen LogP contribution in [-0.2, 0) is 17.8 Å². The molecule has 0 unspecified atom stereocenters. The van der Waals surface area contributed by atoms with E-state index >= 15 is 0 Å². The van der Waals surface area contributed by atoms with E-state index in [2.05, 4.69) is 0 Å². The van der Waals surface area contributed by atoms with Gasteiger partial charge >= 0.3 is 0 Å². The average Bonchev–Trinajstić information content (AvgIpc) is 2.49. The van der Waals surface area contributed by atoms with Crippen LogP contribution >= 0.6 is 11.6 Å². The van der Waals surface area contributed by atoms with Crippen LogP contribution in [-0.4, -0.2) is 23.9 Å². The van der Waals surface area contributed by atoms with Gasteiger partial charge in [0.2, 0.25) is 5.91 Å². The molecule has 1 amide bonds. The Hall–Kier alpha value is -1.84. The number of rotatable bonds is 5. The predicted octanol–water partition coefficient (Wildman–Crippen LogP) is 2.87. The summed E-state index contributed by atoms with van der Waals surface area (Å²) in [7, 11) is 1.75. The van der Waals surface area contributed by atoms with Gasteiger partial charge in [-0.25, -0.2) is 0 Å². The van der Waals surface area contributed by atoms with Crippen molar-refractivity contribution in [1.29, 1.82) is 0 Å². The molecule has 1 atom stereocenters. The molecule has 0 heterocycles. The fourth-order valence-electron chi connectivity index (χ4n) is 2.20. The molecule has 0 aromatic heterocycles. The molecule has 2 aromatic carbocycles. The second kappa shape index (κ2) is 7.25. The van der Waals surface area contributed by atoms with Crippen LogP contribution in [0, 0.1) is 0 Å². The Morgan fingerprint density at radius 3 is 2.43 bits per heavy atom. The summed E-state index contributed by atoms with van der Waals surface area (Å²) in [5.41, 5.74) is 8.00. The number of halogens is 1. The van der Waals surface area contributed by atoms with Crippen LogP contribution in [0.2, 0.25) is 5.02 Å². The van der Waals surface area contributed by atoms with Crippen molar-refractivity contribution in [3.63, 3.8) is 0 Å². The molecular formula is C17H19ClN2O. The molecule has 0 aliphatic heterocycles. The van der Waals surface area contributed by atoms with Crippen molar-refractivity contribution in [2.45, 2.75) is 19.0 Å². The third-order valence-electron chi connectivity index (χ3n) is 3.36. The van der Waals surface area contributed by atoms with Crippen molar-refractivity contribution < 1.29 is 4.79 Å². The molecule has 0 saturated heterocycles. The van der Waals surface area contributed by atoms with Crippen molar-refractivity contribution in [3.05, 3.63) is 70.7 Å². The maximum absolute atomic E-state index is 12.3. The van der Waals surface area contributed by atoms with E-state index in [0.29, 0.717) is 18.0 Å². The van der Waals surface area contributed by atoms with Crippen molar-refractivity contribution in [3.8, 4) is 0 Å². The summed E-state index contributed by atoms with van der Waals surface area (Å²) in [6.07, 6.45) is 0.534. The molecule has 0 aliphatic carbocycles. The highest BCUT2D eigenvalue weighted by atomic mass is 35.5. The van der Waals surface area contributed by atoms with Crippen LogP contribution in [0.4, 0.5) is 0 Å². The lowest BCUT2D eigenvalue weighted by molar-refractivity contribution is -0.131. The van der Waals surface area contributed by atoms with Gasteiger partial charge in [0.25, 0.3) is 0 Å². The number of amides is 1. The third kappa shape index (κ3) is 4.31. The topological polar surface area (TPSA) is 46.3 Å². The highest BCUT2D eigenvalue weighted by Gasteiger charge is 2.19. The monoisotopic (exact) mass is 302 g/mol. The summed E-state index contributed by atoms with van der Waals surface area (Å²) in [5, 5.41) is 0.661. The molecule has 0 spiro atoms. The zero-order chi connectivity index (χ0) is 15.2. The minimum absolute atomic E-state index is 0.0845. The predicted molar refractivity (Wildman–Crippen MR) is 86.0 cm³/mol. The van der Waals surface area contributed by atoms with E-state index in [9.17, 15) is 4.79 Å². The lowest BCUT2D eigenvalue weighted by Gasteiger charge is -2.22. The van der Waals surface area contributed by atoms with E-state index in [-0.39, 0.29) is 5.91 Å². The molecule has 0 fully saturated rings. The molecule has 0 radical (unpaired) electrons. The summed E-state index contributed by atoms with van der Waals surface area (Å²) in [6.45, 7) is 0.459. The van der Waals surface area contributed by atoms with E-state index in [1.165, 1.54) is 0 Å². The smallest absolute Gasteiger partial charge is 0.239 e. The number of carbonyl (C=O) groups excluding carboxylic acids is 1. The number of benzene rings is 2. The summed E-state index contributed by atoms with van der Waals surface area (Å²) in [5.74, 6) is -0.0845. The van der Waals surface area contributed by atoms with Crippen molar-refractivity contribution in [2.75, 3.05) is 7.05 Å². The number of nitrogens with two attached hydrogens (primary N) is 1. The van der Waals surface area contributed by atoms with Gasteiger partial charge in [0.1, 0.15) is 0 Å². The first-order valence-corrected chi connectivity index (χ1v) is 7.23. The summed E-state index contributed by atoms with van der Waals surface area (Å²) in [6, 6.07) is 16.7. The van der Waals surface area contributed by atoms with E-state index in [1.807, 2.05) is 54.6 Å². The fraction of sp³-hybridized carbons (Fsp3) is 0.235. The van der Waals surface area contributed by atoms with E-state index < -0.39 is 6.04 Å². The lowest BCUT2D eigenvalue weighted by atomic mass is 10.1. The molecule has 3 nitrogen and oxygen atoms in total. The Bertz CT molecular complexity index is 601. The fourth-order valence-corrected chi connectivity index (χ4v) is 2.39. The summed E-state index contributed by atoms with van der Waals surface area (Å²) >= 11 is 6.11. The Morgan fingerprint density at radius 2 is 1.76 bits per heavy atom. The molecule has 2 aromatic rings. The first-order valence-electron chi connectivity index (χ1n) is 6.86. The van der Waals surface area contributed by atoms with Crippen LogP contribution in [0.25, 0.3) is 0 Å². The van der Waals surface area contributed by atoms with Gasteiger partial charge in [-0.1, -0.05) is 60.1 Å². The Labute approximate surface area is 130 Å². The quantitative estimate of drug-likeness (QED) is 0.923. The van der Waals surface area contributed by atoms with Crippen LogP contribution in [0.15, 0.2) is 54.6 Å². The highest BCUT2D eigenvalue weighted by molar-refractivity contribution is 6.31. The van der Waals surface area contributed by atoms with Crippen molar-refractivity contribution in [1.82, 2.24) is 4.90 Å². The Balaban J connectivity index is 1.97. The van der Waals surface area contributed by atoms with Crippen molar-refractivity contribution in [2.24, 2.45) is 5.73 Å². The third-order valence-corrected chi connectivity index (χ3v) is 3.73. The van der Waals surface area contributed by atoms with Crippen LogP contribution in [0.1, 0.15) is 11.1 Å². The molecule has 21 heavy (non-hydrogen) atoms. The minimum atomic E-state index is -0.542. The van der Waals surface area contributed by atoms with Gasteiger partial charge < -0.3 is 10.6 Å². The molecule has 2 N–H and O–H groups in total. The normalized spacial score (nSPS) is 12.0. The van der Waals surface area contributed by atoms with Crippen LogP contribution < -0.4 is 5.73 Å². The van der Waals surface area contributed by atoms with E-state index in [1.54, 1.807) is 11.9 Å². The number of nitrogens with zero attached hydrogens (tertiary/aromatic N) is 1. The second-order valence-electron chi connectivity index (χ2n) is 5.08. The molecule has 0 saturated carbocycles. The molecule has 0 bridgehead atoms. The van der Waals surface area contributed by atoms with Gasteiger partial charge in [-0.3, -0.25) is 4.79 Å². The van der Waals surface area contributed by atoms with Gasteiger partial charge in [-0.2, -0.15) is 0 Å². The van der Waals surface area contributed by atoms with E-state index in [4.69, 9.17) is 17.3 Å². The lowest BCUT2D eigenvalue weighted by Crippen LogP contribution is -2.42. The number of hydrogen-bond donors (Lipinski definition) is 1. The van der Waals surface area contributed by atoms with Gasteiger partial charge in [-0.15, -0.1) is 0 Å². The first-order chi connectivity index (χ1) is 10.1. The number of carbonyl (C=O) groups is 1. The average molecular weight is 303 g/mol. The Morgan fingerprint density at radius 1 is 1.14 bits per heavy atom. The van der Waals surface area contributed by atoms with Gasteiger partial charge in [0.05, 0.1) is 6.04 Å². The molecular weight excluding hydrogens is 284 g/mol. The maximum atomic E-state index is 12.3. The summed E-state index contributed by atoms with van der Waals surface area (Å²) in [4.78, 5) is 13.9. The van der Waals surface area contributed by atoms with Gasteiger partial charge in [0, 0.05) is 18.6 Å².